The second-order valence-electron chi connectivity index (χ2n) is 1.95. The molecule has 0 fully saturated rings. The lowest BCUT2D eigenvalue weighted by Crippen LogP contribution is -2.25. The fraction of sp³-hybridized carbons (Fsp3) is 1.00. The van der Waals surface area contributed by atoms with E-state index in [1.807, 2.05) is 0 Å². The summed E-state index contributed by atoms with van der Waals surface area (Å²) in [5.74, 6) is 1.05. The van der Waals surface area contributed by atoms with Gasteiger partial charge in [0, 0.05) is 16.8 Å². The molecule has 0 rings (SSSR count). The fourth-order valence-corrected chi connectivity index (χ4v) is 0.581. The summed E-state index contributed by atoms with van der Waals surface area (Å²) in [4.78, 5) is 0. The van der Waals surface area contributed by atoms with Gasteiger partial charge in [-0.15, -0.1) is 0 Å². The predicted octanol–water partition coefficient (Wildman–Crippen LogP) is -0.524. The number of aliphatic hydroxyl groups is 3. The van der Waals surface area contributed by atoms with Crippen LogP contribution < -0.4 is 0 Å². The van der Waals surface area contributed by atoms with Crippen LogP contribution in [0.3, 0.4) is 0 Å². The first kappa shape index (κ1) is 15.4. The minimum absolute atomic E-state index is 0.184. The average molecular weight is 232 g/mol. The summed E-state index contributed by atoms with van der Waals surface area (Å²) in [6.07, 6.45) is -0.740. The molecule has 6 heteroatoms. The topological polar surface area (TPSA) is 60.7 Å². The van der Waals surface area contributed by atoms with Crippen molar-refractivity contribution in [3.05, 3.63) is 0 Å². The molecule has 0 spiro atoms. The molecular formula is C6H16O3S3. The maximum Gasteiger partial charge on any atom is 0.0894 e. The van der Waals surface area contributed by atoms with Crippen molar-refractivity contribution in [2.45, 2.75) is 11.4 Å². The number of rotatable bonds is 4. The van der Waals surface area contributed by atoms with Crippen LogP contribution in [0, 0.1) is 0 Å². The first-order valence-electron chi connectivity index (χ1n) is 3.43. The zero-order chi connectivity index (χ0) is 9.98. The molecule has 0 bridgehead atoms. The van der Waals surface area contributed by atoms with E-state index in [1.54, 1.807) is 0 Å². The Balaban J connectivity index is 0. The lowest BCUT2D eigenvalue weighted by atomic mass is 10.3. The minimum Gasteiger partial charge on any atom is -0.396 e. The normalized spacial score (nSPS) is 14.5. The van der Waals surface area contributed by atoms with E-state index >= 15 is 0 Å². The molecule has 0 aliphatic rings. The molecule has 0 radical (unpaired) electrons. The first-order valence-corrected chi connectivity index (χ1v) is 5.21. The van der Waals surface area contributed by atoms with E-state index in [0.29, 0.717) is 11.5 Å². The molecule has 0 aromatic rings. The van der Waals surface area contributed by atoms with Crippen LogP contribution >= 0.6 is 37.9 Å². The summed E-state index contributed by atoms with van der Waals surface area (Å²) in [6, 6.07) is 0. The molecule has 0 unspecified atom stereocenters. The van der Waals surface area contributed by atoms with E-state index in [2.05, 4.69) is 37.9 Å². The molecule has 0 heterocycles. The van der Waals surface area contributed by atoms with Crippen molar-refractivity contribution in [2.75, 3.05) is 24.7 Å². The highest BCUT2D eigenvalue weighted by Crippen LogP contribution is 2.02. The maximum atomic E-state index is 8.75. The van der Waals surface area contributed by atoms with Gasteiger partial charge < -0.3 is 15.3 Å². The Morgan fingerprint density at radius 1 is 1.17 bits per heavy atom. The van der Waals surface area contributed by atoms with Gasteiger partial charge in [-0.1, -0.05) is 0 Å². The molecule has 12 heavy (non-hydrogen) atoms. The standard InChI is InChI=1S/C4H10O2S2.C2H6OS/c5-1-3(6)4(8)2-7;3-1-2-4/h3-8H,1-2H2;3-4H,1-2H2/t3-,4-;/m1./s1. The van der Waals surface area contributed by atoms with E-state index in [9.17, 15) is 0 Å². The predicted molar refractivity (Wildman–Crippen MR) is 60.7 cm³/mol. The Labute approximate surface area is 89.4 Å². The zero-order valence-electron chi connectivity index (χ0n) is 6.67. The van der Waals surface area contributed by atoms with Crippen molar-refractivity contribution in [1.82, 2.24) is 0 Å². The molecule has 0 aromatic carbocycles. The Kier molecular flexibility index (Phi) is 15.3. The van der Waals surface area contributed by atoms with Gasteiger partial charge in [-0.3, -0.25) is 0 Å². The highest BCUT2D eigenvalue weighted by Gasteiger charge is 2.10. The summed E-state index contributed by atoms with van der Waals surface area (Å²) in [5, 5.41) is 24.6. The van der Waals surface area contributed by atoms with Gasteiger partial charge in [0.2, 0.25) is 0 Å². The van der Waals surface area contributed by atoms with Gasteiger partial charge in [-0.2, -0.15) is 37.9 Å². The molecule has 0 saturated heterocycles. The molecule has 0 aliphatic heterocycles. The largest absolute Gasteiger partial charge is 0.396 e. The number of hydrogen-bond acceptors (Lipinski definition) is 6. The van der Waals surface area contributed by atoms with Gasteiger partial charge in [0.05, 0.1) is 19.3 Å². The molecule has 3 N–H and O–H groups in total. The van der Waals surface area contributed by atoms with Crippen LogP contribution in [-0.2, 0) is 0 Å². The van der Waals surface area contributed by atoms with Crippen LogP contribution in [0.15, 0.2) is 0 Å². The lowest BCUT2D eigenvalue weighted by Gasteiger charge is -2.11. The van der Waals surface area contributed by atoms with Crippen LogP contribution in [0.25, 0.3) is 0 Å². The van der Waals surface area contributed by atoms with Crippen LogP contribution in [0.1, 0.15) is 0 Å². The molecular weight excluding hydrogens is 216 g/mol. The Morgan fingerprint density at radius 3 is 1.67 bits per heavy atom. The molecule has 0 amide bonds. The third-order valence-corrected chi connectivity index (χ3v) is 2.33. The molecule has 0 aromatic heterocycles. The maximum absolute atomic E-state index is 8.75. The minimum atomic E-state index is -0.740. The Bertz CT molecular complexity index is 74.4. The third-order valence-electron chi connectivity index (χ3n) is 0.918. The van der Waals surface area contributed by atoms with Gasteiger partial charge >= 0.3 is 0 Å². The summed E-state index contributed by atoms with van der Waals surface area (Å²) in [5.41, 5.74) is 0. The van der Waals surface area contributed by atoms with Gasteiger partial charge in [0.15, 0.2) is 0 Å². The number of hydrogen-bond donors (Lipinski definition) is 6. The fourth-order valence-electron chi connectivity index (χ4n) is 0.243. The summed E-state index contributed by atoms with van der Waals surface area (Å²) in [6.45, 7) is -0.0577. The van der Waals surface area contributed by atoms with E-state index in [1.165, 1.54) is 0 Å². The highest BCUT2D eigenvalue weighted by atomic mass is 32.1. The first-order chi connectivity index (χ1) is 5.63. The Hall–Kier alpha value is 0.930. The van der Waals surface area contributed by atoms with E-state index < -0.39 is 6.10 Å². The lowest BCUT2D eigenvalue weighted by molar-refractivity contribution is 0.0978. The van der Waals surface area contributed by atoms with Gasteiger partial charge in [0.25, 0.3) is 0 Å². The summed E-state index contributed by atoms with van der Waals surface area (Å²) >= 11 is 11.5. The van der Waals surface area contributed by atoms with Crippen molar-refractivity contribution in [2.24, 2.45) is 0 Å². The van der Waals surface area contributed by atoms with Crippen LogP contribution in [0.4, 0.5) is 0 Å². The van der Waals surface area contributed by atoms with E-state index in [0.717, 1.165) is 0 Å². The van der Waals surface area contributed by atoms with Crippen LogP contribution in [-0.4, -0.2) is 51.4 Å². The molecule has 3 nitrogen and oxygen atoms in total. The van der Waals surface area contributed by atoms with Crippen molar-refractivity contribution >= 4 is 37.9 Å². The summed E-state index contributed by atoms with van der Waals surface area (Å²) in [7, 11) is 0. The second-order valence-corrected chi connectivity index (χ2v) is 3.42. The molecule has 0 saturated carbocycles. The van der Waals surface area contributed by atoms with Gasteiger partial charge in [0.1, 0.15) is 0 Å². The quantitative estimate of drug-likeness (QED) is 0.370. The second kappa shape index (κ2) is 11.9. The average Bonchev–Trinajstić information content (AvgIpc) is 2.15. The van der Waals surface area contributed by atoms with Crippen molar-refractivity contribution in [1.29, 1.82) is 0 Å². The van der Waals surface area contributed by atoms with Crippen LogP contribution in [0.2, 0.25) is 0 Å². The van der Waals surface area contributed by atoms with Crippen molar-refractivity contribution in [3.8, 4) is 0 Å². The highest BCUT2D eigenvalue weighted by molar-refractivity contribution is 7.84. The summed E-state index contributed by atoms with van der Waals surface area (Å²) < 4.78 is 0. The number of aliphatic hydroxyl groups excluding tert-OH is 3. The molecule has 76 valence electrons. The third kappa shape index (κ3) is 10.9. The van der Waals surface area contributed by atoms with Gasteiger partial charge in [-0.05, 0) is 0 Å². The van der Waals surface area contributed by atoms with Gasteiger partial charge in [-0.25, -0.2) is 0 Å². The molecule has 2 atom stereocenters. The van der Waals surface area contributed by atoms with Crippen LogP contribution in [0.5, 0.6) is 0 Å². The SMILES string of the molecule is OCCS.OC[C@@H](O)[C@H](S)CS. The van der Waals surface area contributed by atoms with E-state index in [4.69, 9.17) is 15.3 Å². The Morgan fingerprint density at radius 2 is 1.58 bits per heavy atom. The smallest absolute Gasteiger partial charge is 0.0894 e. The zero-order valence-corrected chi connectivity index (χ0v) is 9.35. The molecule has 0 aliphatic carbocycles. The monoisotopic (exact) mass is 232 g/mol. The van der Waals surface area contributed by atoms with Crippen molar-refractivity contribution in [3.63, 3.8) is 0 Å². The number of thiol groups is 3. The van der Waals surface area contributed by atoms with Crippen molar-refractivity contribution < 1.29 is 15.3 Å². The van der Waals surface area contributed by atoms with E-state index in [-0.39, 0.29) is 18.5 Å².